The quantitative estimate of drug-likeness (QED) is 0.356. The highest BCUT2D eigenvalue weighted by atomic mass is 28.3. The molecular formula is C11H19N3O4Si. The molecule has 8 heteroatoms. The van der Waals surface area contributed by atoms with Crippen LogP contribution in [-0.2, 0) is 16.1 Å². The molecule has 0 spiro atoms. The molecule has 0 N–H and O–H groups in total. The maximum atomic E-state index is 11.7. The van der Waals surface area contributed by atoms with Gasteiger partial charge in [0.2, 0.25) is 0 Å². The number of ether oxygens (including phenoxy) is 1. The summed E-state index contributed by atoms with van der Waals surface area (Å²) >= 11 is 0. The molecule has 1 aromatic rings. The van der Waals surface area contributed by atoms with E-state index in [0.717, 1.165) is 0 Å². The summed E-state index contributed by atoms with van der Waals surface area (Å²) in [6.45, 7) is 9.31. The third-order valence-electron chi connectivity index (χ3n) is 2.47. The maximum absolute atomic E-state index is 11.7. The molecule has 0 fully saturated rings. The molecule has 0 aromatic carbocycles. The summed E-state index contributed by atoms with van der Waals surface area (Å²) in [6, 6.07) is 0. The minimum atomic E-state index is -1.46. The van der Waals surface area contributed by atoms with Gasteiger partial charge >= 0.3 is 11.7 Å². The first kappa shape index (κ1) is 15.4. The summed E-state index contributed by atoms with van der Waals surface area (Å²) in [4.78, 5) is 22.0. The van der Waals surface area contributed by atoms with Crippen molar-refractivity contribution in [1.29, 1.82) is 0 Å². The fraction of sp³-hybridized carbons (Fsp3) is 0.636. The lowest BCUT2D eigenvalue weighted by Crippen LogP contribution is -2.31. The number of carbonyl (C=O) groups is 1. The van der Waals surface area contributed by atoms with Crippen molar-refractivity contribution >= 4 is 19.7 Å². The lowest BCUT2D eigenvalue weighted by atomic mass is 10.3. The molecule has 0 atom stereocenters. The Labute approximate surface area is 112 Å². The number of nitrogens with zero attached hydrogens (tertiary/aromatic N) is 3. The second-order valence-corrected chi connectivity index (χ2v) is 11.1. The molecule has 0 aliphatic rings. The molecule has 0 saturated carbocycles. The minimum Gasteiger partial charge on any atom is -0.468 e. The molecule has 0 bridgehead atoms. The van der Waals surface area contributed by atoms with Gasteiger partial charge in [-0.3, -0.25) is 19.6 Å². The number of aromatic nitrogens is 2. The molecule has 0 radical (unpaired) electrons. The van der Waals surface area contributed by atoms with Crippen molar-refractivity contribution < 1.29 is 14.5 Å². The molecule has 0 unspecified atom stereocenters. The fourth-order valence-electron chi connectivity index (χ4n) is 1.57. The van der Waals surface area contributed by atoms with E-state index in [0.29, 0.717) is 17.6 Å². The van der Waals surface area contributed by atoms with Crippen molar-refractivity contribution in [3.05, 3.63) is 21.5 Å². The van der Waals surface area contributed by atoms with Crippen LogP contribution in [0.5, 0.6) is 0 Å². The monoisotopic (exact) mass is 285 g/mol. The van der Waals surface area contributed by atoms with Crippen LogP contribution in [0.4, 0.5) is 5.69 Å². The summed E-state index contributed by atoms with van der Waals surface area (Å²) < 4.78 is 6.49. The molecule has 0 aliphatic heterocycles. The van der Waals surface area contributed by atoms with Gasteiger partial charge in [-0.25, -0.2) is 0 Å². The number of hydrogen-bond donors (Lipinski definition) is 0. The Morgan fingerprint density at radius 3 is 2.42 bits per heavy atom. The van der Waals surface area contributed by atoms with Gasteiger partial charge in [-0.1, -0.05) is 19.6 Å². The van der Waals surface area contributed by atoms with Gasteiger partial charge in [-0.2, -0.15) is 5.10 Å². The molecule has 106 valence electrons. The molecular weight excluding hydrogens is 266 g/mol. The average molecular weight is 285 g/mol. The lowest BCUT2D eigenvalue weighted by molar-refractivity contribution is -0.386. The normalized spacial score (nSPS) is 11.4. The number of carbonyl (C=O) groups excluding carboxylic acids is 1. The molecule has 1 rings (SSSR count). The SMILES string of the molecule is Cc1nn(CC(=O)OC[Si](C)(C)C)c(C)c1[N+](=O)[O-]. The van der Waals surface area contributed by atoms with E-state index >= 15 is 0 Å². The van der Waals surface area contributed by atoms with Gasteiger partial charge in [-0.15, -0.1) is 0 Å². The van der Waals surface area contributed by atoms with Crippen molar-refractivity contribution in [3.63, 3.8) is 0 Å². The van der Waals surface area contributed by atoms with Crippen molar-refractivity contribution in [3.8, 4) is 0 Å². The van der Waals surface area contributed by atoms with Gasteiger partial charge in [0.05, 0.1) is 19.2 Å². The molecule has 1 aromatic heterocycles. The van der Waals surface area contributed by atoms with Gasteiger partial charge in [-0.05, 0) is 13.8 Å². The Balaban J connectivity index is 2.76. The molecule has 19 heavy (non-hydrogen) atoms. The largest absolute Gasteiger partial charge is 0.468 e. The summed E-state index contributed by atoms with van der Waals surface area (Å²) in [7, 11) is -1.46. The maximum Gasteiger partial charge on any atom is 0.327 e. The summed E-state index contributed by atoms with van der Waals surface area (Å²) in [6.07, 6.45) is 0.438. The molecule has 0 amide bonds. The van der Waals surface area contributed by atoms with Gasteiger partial charge < -0.3 is 4.74 Å². The topological polar surface area (TPSA) is 87.3 Å². The van der Waals surface area contributed by atoms with E-state index < -0.39 is 19.0 Å². The van der Waals surface area contributed by atoms with E-state index in [1.807, 2.05) is 0 Å². The van der Waals surface area contributed by atoms with Crippen LogP contribution < -0.4 is 0 Å². The second-order valence-electron chi connectivity index (χ2n) is 5.66. The first-order chi connectivity index (χ1) is 8.61. The highest BCUT2D eigenvalue weighted by molar-refractivity contribution is 6.76. The molecule has 7 nitrogen and oxygen atoms in total. The highest BCUT2D eigenvalue weighted by Gasteiger charge is 2.23. The molecule has 1 heterocycles. The van der Waals surface area contributed by atoms with Crippen LogP contribution in [0.15, 0.2) is 0 Å². The highest BCUT2D eigenvalue weighted by Crippen LogP contribution is 2.21. The first-order valence-electron chi connectivity index (χ1n) is 5.96. The summed E-state index contributed by atoms with van der Waals surface area (Å²) in [5.74, 6) is -0.414. The molecule has 0 saturated heterocycles. The van der Waals surface area contributed by atoms with E-state index in [2.05, 4.69) is 24.7 Å². The Morgan fingerprint density at radius 1 is 1.42 bits per heavy atom. The number of nitro groups is 1. The van der Waals surface area contributed by atoms with Gasteiger partial charge in [0, 0.05) is 0 Å². The third-order valence-corrected chi connectivity index (χ3v) is 3.48. The summed E-state index contributed by atoms with van der Waals surface area (Å²) in [5.41, 5.74) is 0.631. The Bertz CT molecular complexity index is 505. The lowest BCUT2D eigenvalue weighted by Gasteiger charge is -2.15. The Hall–Kier alpha value is -1.70. The summed E-state index contributed by atoms with van der Waals surface area (Å²) in [5, 5.41) is 14.8. The third kappa shape index (κ3) is 4.16. The zero-order valence-corrected chi connectivity index (χ0v) is 12.9. The average Bonchev–Trinajstić information content (AvgIpc) is 2.50. The number of aryl methyl sites for hydroxylation is 1. The van der Waals surface area contributed by atoms with Crippen molar-refractivity contribution in [2.45, 2.75) is 40.0 Å². The van der Waals surface area contributed by atoms with Crippen LogP contribution in [0, 0.1) is 24.0 Å². The smallest absolute Gasteiger partial charge is 0.327 e. The Kier molecular flexibility index (Phi) is 4.46. The predicted octanol–water partition coefficient (Wildman–Crippen LogP) is 1.83. The fourth-order valence-corrected chi connectivity index (χ4v) is 2.16. The predicted molar refractivity (Wildman–Crippen MR) is 72.7 cm³/mol. The van der Waals surface area contributed by atoms with Gasteiger partial charge in [0.1, 0.15) is 17.9 Å². The van der Waals surface area contributed by atoms with Crippen molar-refractivity contribution in [2.24, 2.45) is 0 Å². The zero-order valence-electron chi connectivity index (χ0n) is 11.9. The van der Waals surface area contributed by atoms with Crippen LogP contribution in [0.2, 0.25) is 19.6 Å². The van der Waals surface area contributed by atoms with E-state index in [9.17, 15) is 14.9 Å². The van der Waals surface area contributed by atoms with Crippen LogP contribution in [0.3, 0.4) is 0 Å². The van der Waals surface area contributed by atoms with E-state index in [1.54, 1.807) is 13.8 Å². The zero-order chi connectivity index (χ0) is 14.8. The number of hydrogen-bond acceptors (Lipinski definition) is 5. The number of rotatable bonds is 5. The van der Waals surface area contributed by atoms with E-state index in [1.165, 1.54) is 4.68 Å². The Morgan fingerprint density at radius 2 is 2.00 bits per heavy atom. The van der Waals surface area contributed by atoms with Crippen molar-refractivity contribution in [1.82, 2.24) is 9.78 Å². The second kappa shape index (κ2) is 5.51. The van der Waals surface area contributed by atoms with E-state index in [4.69, 9.17) is 4.74 Å². The van der Waals surface area contributed by atoms with E-state index in [-0.39, 0.29) is 12.2 Å². The molecule has 0 aliphatic carbocycles. The first-order valence-corrected chi connectivity index (χ1v) is 9.66. The minimum absolute atomic E-state index is 0.0435. The van der Waals surface area contributed by atoms with Crippen molar-refractivity contribution in [2.75, 3.05) is 6.23 Å². The standard InChI is InChI=1S/C11H19N3O4Si/c1-8-11(14(16)17)9(2)13(12-8)6-10(15)18-7-19(3,4)5/h6-7H2,1-5H3. The van der Waals surface area contributed by atoms with Crippen LogP contribution in [0.25, 0.3) is 0 Å². The van der Waals surface area contributed by atoms with Gasteiger partial charge in [0.25, 0.3) is 0 Å². The van der Waals surface area contributed by atoms with Gasteiger partial charge in [0.15, 0.2) is 0 Å². The van der Waals surface area contributed by atoms with Crippen LogP contribution in [-0.4, -0.2) is 35.0 Å². The number of esters is 1. The van der Waals surface area contributed by atoms with Crippen LogP contribution >= 0.6 is 0 Å². The van der Waals surface area contributed by atoms with Crippen LogP contribution in [0.1, 0.15) is 11.4 Å².